The lowest BCUT2D eigenvalue weighted by atomic mass is 10.1. The van der Waals surface area contributed by atoms with E-state index in [0.29, 0.717) is 32.5 Å². The van der Waals surface area contributed by atoms with Gasteiger partial charge in [0.05, 0.1) is 6.61 Å². The van der Waals surface area contributed by atoms with Gasteiger partial charge in [-0.1, -0.05) is 61.4 Å². The molecule has 0 saturated heterocycles. The smallest absolute Gasteiger partial charge is 0.242 e. The summed E-state index contributed by atoms with van der Waals surface area (Å²) in [6.45, 7) is 7.43. The number of amides is 2. The normalized spacial score (nSPS) is 11.6. The summed E-state index contributed by atoms with van der Waals surface area (Å²) >= 11 is 0. The number of carbonyl (C=O) groups excluding carboxylic acids is 2. The molecule has 0 unspecified atom stereocenters. The topological polar surface area (TPSA) is 58.6 Å². The van der Waals surface area contributed by atoms with Crippen molar-refractivity contribution in [2.75, 3.05) is 13.2 Å². The highest BCUT2D eigenvalue weighted by molar-refractivity contribution is 5.87. The maximum Gasteiger partial charge on any atom is 0.242 e. The van der Waals surface area contributed by atoms with Crippen LogP contribution in [0, 0.1) is 6.92 Å². The van der Waals surface area contributed by atoms with E-state index in [1.54, 1.807) is 11.8 Å². The highest BCUT2D eigenvalue weighted by Crippen LogP contribution is 2.14. The fourth-order valence-corrected chi connectivity index (χ4v) is 3.20. The van der Waals surface area contributed by atoms with E-state index < -0.39 is 6.04 Å². The Morgan fingerprint density at radius 1 is 1.07 bits per heavy atom. The van der Waals surface area contributed by atoms with Crippen molar-refractivity contribution in [3.8, 4) is 5.75 Å². The Kier molecular flexibility index (Phi) is 9.92. The number of nitrogens with one attached hydrogen (secondary N) is 1. The molecule has 0 radical (unpaired) electrons. The molecule has 0 aromatic heterocycles. The molecule has 0 aliphatic rings. The molecule has 0 heterocycles. The zero-order valence-corrected chi connectivity index (χ0v) is 18.4. The number of carbonyl (C=O) groups is 2. The fourth-order valence-electron chi connectivity index (χ4n) is 3.20. The summed E-state index contributed by atoms with van der Waals surface area (Å²) in [4.78, 5) is 27.3. The van der Waals surface area contributed by atoms with E-state index in [4.69, 9.17) is 4.74 Å². The number of hydrogen-bond acceptors (Lipinski definition) is 3. The second-order valence-corrected chi connectivity index (χ2v) is 7.60. The van der Waals surface area contributed by atoms with Gasteiger partial charge in [-0.25, -0.2) is 0 Å². The van der Waals surface area contributed by atoms with Gasteiger partial charge < -0.3 is 15.0 Å². The summed E-state index contributed by atoms with van der Waals surface area (Å²) in [5.74, 6) is 0.654. The molecule has 0 aliphatic heterocycles. The van der Waals surface area contributed by atoms with Gasteiger partial charge in [-0.05, 0) is 44.4 Å². The van der Waals surface area contributed by atoms with E-state index in [2.05, 4.69) is 18.3 Å². The van der Waals surface area contributed by atoms with Gasteiger partial charge in [-0.2, -0.15) is 0 Å². The van der Waals surface area contributed by atoms with Gasteiger partial charge in [0.25, 0.3) is 0 Å². The molecular formula is C25H34N2O3. The van der Waals surface area contributed by atoms with E-state index in [1.807, 2.05) is 55.5 Å². The molecule has 0 spiro atoms. The Hall–Kier alpha value is -2.82. The summed E-state index contributed by atoms with van der Waals surface area (Å²) < 4.78 is 5.69. The maximum atomic E-state index is 13.0. The van der Waals surface area contributed by atoms with Crippen molar-refractivity contribution in [1.82, 2.24) is 10.2 Å². The first-order chi connectivity index (χ1) is 14.5. The minimum Gasteiger partial charge on any atom is -0.494 e. The summed E-state index contributed by atoms with van der Waals surface area (Å²) in [6, 6.07) is 17.1. The van der Waals surface area contributed by atoms with Crippen molar-refractivity contribution in [3.05, 3.63) is 65.7 Å². The molecule has 162 valence electrons. The zero-order chi connectivity index (χ0) is 21.8. The first-order valence-corrected chi connectivity index (χ1v) is 10.8. The number of para-hydroxylation sites is 1. The van der Waals surface area contributed by atoms with Crippen LogP contribution in [0.5, 0.6) is 5.75 Å². The molecule has 2 rings (SSSR count). The number of aryl methyl sites for hydroxylation is 1. The van der Waals surface area contributed by atoms with Crippen molar-refractivity contribution < 1.29 is 14.3 Å². The minimum absolute atomic E-state index is 0.0358. The minimum atomic E-state index is -0.523. The number of rotatable bonds is 12. The molecule has 0 fully saturated rings. The molecule has 2 aromatic carbocycles. The Morgan fingerprint density at radius 3 is 2.53 bits per heavy atom. The van der Waals surface area contributed by atoms with Crippen LogP contribution in [0.4, 0.5) is 0 Å². The second kappa shape index (κ2) is 12.7. The number of ether oxygens (including phenoxy) is 1. The van der Waals surface area contributed by atoms with Gasteiger partial charge in [0.2, 0.25) is 11.8 Å². The van der Waals surface area contributed by atoms with E-state index in [-0.39, 0.29) is 11.8 Å². The average molecular weight is 411 g/mol. The predicted octanol–water partition coefficient (Wildman–Crippen LogP) is 4.49. The molecule has 2 amide bonds. The first kappa shape index (κ1) is 23.5. The van der Waals surface area contributed by atoms with Gasteiger partial charge in [0.15, 0.2) is 0 Å². The zero-order valence-electron chi connectivity index (χ0n) is 18.4. The molecule has 5 heteroatoms. The molecular weight excluding hydrogens is 376 g/mol. The van der Waals surface area contributed by atoms with E-state index in [0.717, 1.165) is 29.7 Å². The number of hydrogen-bond donors (Lipinski definition) is 1. The lowest BCUT2D eigenvalue weighted by Gasteiger charge is -2.29. The van der Waals surface area contributed by atoms with Gasteiger partial charge >= 0.3 is 0 Å². The largest absolute Gasteiger partial charge is 0.494 e. The Morgan fingerprint density at radius 2 is 1.83 bits per heavy atom. The van der Waals surface area contributed by atoms with E-state index in [9.17, 15) is 9.59 Å². The van der Waals surface area contributed by atoms with Crippen molar-refractivity contribution in [1.29, 1.82) is 0 Å². The highest BCUT2D eigenvalue weighted by atomic mass is 16.5. The third-order valence-corrected chi connectivity index (χ3v) is 4.98. The Balaban J connectivity index is 1.97. The lowest BCUT2D eigenvalue weighted by Crippen LogP contribution is -2.47. The van der Waals surface area contributed by atoms with Gasteiger partial charge in [0.1, 0.15) is 11.8 Å². The van der Waals surface area contributed by atoms with E-state index >= 15 is 0 Å². The summed E-state index contributed by atoms with van der Waals surface area (Å²) in [5, 5.41) is 2.95. The monoisotopic (exact) mass is 410 g/mol. The summed E-state index contributed by atoms with van der Waals surface area (Å²) in [7, 11) is 0. The lowest BCUT2D eigenvalue weighted by molar-refractivity contribution is -0.140. The van der Waals surface area contributed by atoms with E-state index in [1.165, 1.54) is 0 Å². The summed E-state index contributed by atoms with van der Waals surface area (Å²) in [6.07, 6.45) is 2.89. The highest BCUT2D eigenvalue weighted by Gasteiger charge is 2.25. The number of nitrogens with zero attached hydrogens (tertiary/aromatic N) is 1. The van der Waals surface area contributed by atoms with Crippen LogP contribution in [0.3, 0.4) is 0 Å². The van der Waals surface area contributed by atoms with Crippen molar-refractivity contribution in [2.45, 2.75) is 59.0 Å². The maximum absolute atomic E-state index is 13.0. The Bertz CT molecular complexity index is 792. The van der Waals surface area contributed by atoms with Gasteiger partial charge in [0, 0.05) is 19.5 Å². The van der Waals surface area contributed by atoms with Crippen molar-refractivity contribution in [3.63, 3.8) is 0 Å². The molecule has 0 saturated carbocycles. The van der Waals surface area contributed by atoms with Gasteiger partial charge in [-0.15, -0.1) is 0 Å². The quantitative estimate of drug-likeness (QED) is 0.525. The number of benzene rings is 2. The molecule has 1 N–H and O–H groups in total. The standard InChI is InChI=1S/C25H34N2O3/c1-4-5-16-26-25(29)21(3)27(19-22-12-9-11-20(2)18-22)24(28)15-10-17-30-23-13-7-6-8-14-23/h6-9,11-14,18,21H,4-5,10,15-17,19H2,1-3H3,(H,26,29)/t21-/m1/s1. The van der Waals surface area contributed by atoms with Crippen LogP contribution >= 0.6 is 0 Å². The summed E-state index contributed by atoms with van der Waals surface area (Å²) in [5.41, 5.74) is 2.16. The molecule has 5 nitrogen and oxygen atoms in total. The third kappa shape index (κ3) is 7.90. The third-order valence-electron chi connectivity index (χ3n) is 4.98. The first-order valence-electron chi connectivity index (χ1n) is 10.8. The molecule has 0 bridgehead atoms. The second-order valence-electron chi connectivity index (χ2n) is 7.60. The molecule has 0 aliphatic carbocycles. The molecule has 1 atom stereocenters. The molecule has 30 heavy (non-hydrogen) atoms. The van der Waals surface area contributed by atoms with Crippen LogP contribution in [0.2, 0.25) is 0 Å². The van der Waals surface area contributed by atoms with Crippen LogP contribution in [-0.4, -0.2) is 35.9 Å². The van der Waals surface area contributed by atoms with Crippen LogP contribution in [-0.2, 0) is 16.1 Å². The van der Waals surface area contributed by atoms with Crippen LogP contribution < -0.4 is 10.1 Å². The number of unbranched alkanes of at least 4 members (excludes halogenated alkanes) is 1. The van der Waals surface area contributed by atoms with Crippen LogP contribution in [0.15, 0.2) is 54.6 Å². The predicted molar refractivity (Wildman–Crippen MR) is 120 cm³/mol. The average Bonchev–Trinajstić information content (AvgIpc) is 2.75. The SMILES string of the molecule is CCCCNC(=O)[C@@H](C)N(Cc1cccc(C)c1)C(=O)CCCOc1ccccc1. The van der Waals surface area contributed by atoms with Crippen LogP contribution in [0.1, 0.15) is 50.7 Å². The van der Waals surface area contributed by atoms with Gasteiger partial charge in [-0.3, -0.25) is 9.59 Å². The molecule has 2 aromatic rings. The fraction of sp³-hybridized carbons (Fsp3) is 0.440. The van der Waals surface area contributed by atoms with Crippen molar-refractivity contribution >= 4 is 11.8 Å². The Labute approximate surface area is 180 Å². The van der Waals surface area contributed by atoms with Crippen molar-refractivity contribution in [2.24, 2.45) is 0 Å². The van der Waals surface area contributed by atoms with Crippen LogP contribution in [0.25, 0.3) is 0 Å².